The topological polar surface area (TPSA) is 54.5 Å². The number of hydrogen-bond acceptors (Lipinski definition) is 4. The number of para-hydroxylation sites is 1. The van der Waals surface area contributed by atoms with Crippen LogP contribution in [0.1, 0.15) is 23.0 Å². The van der Waals surface area contributed by atoms with Gasteiger partial charge in [0.15, 0.2) is 0 Å². The van der Waals surface area contributed by atoms with Crippen molar-refractivity contribution in [2.75, 3.05) is 17.3 Å². The molecule has 0 saturated heterocycles. The summed E-state index contributed by atoms with van der Waals surface area (Å²) < 4.78 is 5.29. The fraction of sp³-hybridized carbons (Fsp3) is 0.182. The first-order valence-electron chi connectivity index (χ1n) is 9.05. The maximum Gasteiger partial charge on any atom is 0.274 e. The molecular weight excluding hydrogens is 374 g/mol. The van der Waals surface area contributed by atoms with Gasteiger partial charge in [0.05, 0.1) is 12.8 Å². The van der Waals surface area contributed by atoms with Crippen LogP contribution in [0.15, 0.2) is 60.8 Å². The van der Waals surface area contributed by atoms with Gasteiger partial charge in [-0.1, -0.05) is 29.8 Å². The summed E-state index contributed by atoms with van der Waals surface area (Å²) in [5, 5.41) is 3.35. The van der Waals surface area contributed by atoms with Crippen LogP contribution in [0.25, 0.3) is 0 Å². The molecule has 1 amide bonds. The van der Waals surface area contributed by atoms with Crippen molar-refractivity contribution in [3.63, 3.8) is 0 Å². The Hall–Kier alpha value is -3.05. The van der Waals surface area contributed by atoms with Gasteiger partial charge < -0.3 is 15.0 Å². The monoisotopic (exact) mass is 393 g/mol. The Kier molecular flexibility index (Phi) is 4.92. The maximum atomic E-state index is 12.8. The van der Waals surface area contributed by atoms with Crippen LogP contribution in [0.2, 0.25) is 5.02 Å². The Morgan fingerprint density at radius 1 is 1.21 bits per heavy atom. The predicted molar refractivity (Wildman–Crippen MR) is 112 cm³/mol. The summed E-state index contributed by atoms with van der Waals surface area (Å²) in [6, 6.07) is 17.5. The van der Waals surface area contributed by atoms with Crippen molar-refractivity contribution >= 4 is 34.6 Å². The molecule has 3 aromatic rings. The van der Waals surface area contributed by atoms with E-state index in [1.165, 1.54) is 11.3 Å². The highest BCUT2D eigenvalue weighted by molar-refractivity contribution is 6.31. The van der Waals surface area contributed by atoms with Crippen LogP contribution in [-0.2, 0) is 6.42 Å². The number of methoxy groups -OCH3 is 1. The van der Waals surface area contributed by atoms with Crippen molar-refractivity contribution in [1.29, 1.82) is 0 Å². The summed E-state index contributed by atoms with van der Waals surface area (Å²) in [5.41, 5.74) is 4.25. The summed E-state index contributed by atoms with van der Waals surface area (Å²) in [5.74, 6) is 0.221. The average molecular weight is 394 g/mol. The van der Waals surface area contributed by atoms with E-state index in [0.717, 1.165) is 12.1 Å². The molecule has 0 saturated carbocycles. The highest BCUT2D eigenvalue weighted by Crippen LogP contribution is 2.38. The number of pyridine rings is 1. The van der Waals surface area contributed by atoms with E-state index in [4.69, 9.17) is 16.3 Å². The molecule has 1 aliphatic rings. The number of nitrogens with one attached hydrogen (secondary N) is 1. The standard InChI is InChI=1S/C22H20ClN3O2/c1-14-11-15-5-3-4-6-20(15)26(14)17-9-10-24-19(13-17)22(27)25-18-12-16(23)7-8-21(18)28-2/h3-10,12-14H,11H2,1-2H3,(H,25,27). The molecule has 0 bridgehead atoms. The minimum atomic E-state index is -0.317. The molecule has 1 atom stereocenters. The van der Waals surface area contributed by atoms with Crippen LogP contribution in [0, 0.1) is 0 Å². The molecule has 1 aromatic heterocycles. The van der Waals surface area contributed by atoms with E-state index in [0.29, 0.717) is 28.2 Å². The van der Waals surface area contributed by atoms with Crippen LogP contribution >= 0.6 is 11.6 Å². The zero-order valence-electron chi connectivity index (χ0n) is 15.6. The second-order valence-electron chi connectivity index (χ2n) is 6.75. The van der Waals surface area contributed by atoms with Gasteiger partial charge in [-0.15, -0.1) is 0 Å². The quantitative estimate of drug-likeness (QED) is 0.671. The van der Waals surface area contributed by atoms with E-state index in [1.807, 2.05) is 18.2 Å². The molecule has 1 aliphatic heterocycles. The Labute approximate surface area is 168 Å². The zero-order chi connectivity index (χ0) is 19.7. The van der Waals surface area contributed by atoms with Crippen molar-refractivity contribution in [3.8, 4) is 5.75 Å². The number of carbonyl (C=O) groups excluding carboxylic acids is 1. The normalized spacial score (nSPS) is 15.2. The zero-order valence-corrected chi connectivity index (χ0v) is 16.4. The number of fused-ring (bicyclic) bond motifs is 1. The molecule has 2 heterocycles. The Morgan fingerprint density at radius 3 is 2.86 bits per heavy atom. The van der Waals surface area contributed by atoms with Crippen molar-refractivity contribution < 1.29 is 9.53 Å². The minimum Gasteiger partial charge on any atom is -0.495 e. The van der Waals surface area contributed by atoms with Gasteiger partial charge in [-0.25, -0.2) is 0 Å². The van der Waals surface area contributed by atoms with Crippen molar-refractivity contribution in [2.45, 2.75) is 19.4 Å². The number of amides is 1. The second kappa shape index (κ2) is 7.52. The van der Waals surface area contributed by atoms with Gasteiger partial charge >= 0.3 is 0 Å². The summed E-state index contributed by atoms with van der Waals surface area (Å²) in [6.07, 6.45) is 2.63. The lowest BCUT2D eigenvalue weighted by Gasteiger charge is -2.25. The predicted octanol–water partition coefficient (Wildman–Crippen LogP) is 5.08. The van der Waals surface area contributed by atoms with Crippen molar-refractivity contribution in [2.24, 2.45) is 0 Å². The third-order valence-electron chi connectivity index (χ3n) is 4.87. The molecule has 1 N–H and O–H groups in total. The molecule has 142 valence electrons. The lowest BCUT2D eigenvalue weighted by molar-refractivity contribution is 0.102. The Bertz CT molecular complexity index is 1040. The average Bonchev–Trinajstić information content (AvgIpc) is 3.04. The van der Waals surface area contributed by atoms with E-state index >= 15 is 0 Å². The van der Waals surface area contributed by atoms with E-state index in [1.54, 1.807) is 31.5 Å². The molecule has 5 nitrogen and oxygen atoms in total. The Balaban J connectivity index is 1.63. The van der Waals surface area contributed by atoms with Gasteiger partial charge in [0.1, 0.15) is 11.4 Å². The molecule has 0 aliphatic carbocycles. The molecule has 0 spiro atoms. The number of rotatable bonds is 4. The molecule has 0 radical (unpaired) electrons. The van der Waals surface area contributed by atoms with Crippen LogP contribution in [0.4, 0.5) is 17.1 Å². The highest BCUT2D eigenvalue weighted by Gasteiger charge is 2.27. The largest absolute Gasteiger partial charge is 0.495 e. The molecule has 2 aromatic carbocycles. The highest BCUT2D eigenvalue weighted by atomic mass is 35.5. The van der Waals surface area contributed by atoms with E-state index in [2.05, 4.69) is 40.3 Å². The van der Waals surface area contributed by atoms with E-state index in [9.17, 15) is 4.79 Å². The number of carbonyl (C=O) groups is 1. The molecule has 1 unspecified atom stereocenters. The fourth-order valence-electron chi connectivity index (χ4n) is 3.62. The third-order valence-corrected chi connectivity index (χ3v) is 5.11. The van der Waals surface area contributed by atoms with Gasteiger partial charge in [-0.3, -0.25) is 9.78 Å². The van der Waals surface area contributed by atoms with Crippen molar-refractivity contribution in [1.82, 2.24) is 4.98 Å². The first-order chi connectivity index (χ1) is 13.6. The van der Waals surface area contributed by atoms with E-state index < -0.39 is 0 Å². The van der Waals surface area contributed by atoms with Crippen LogP contribution in [-0.4, -0.2) is 24.0 Å². The van der Waals surface area contributed by atoms with Gasteiger partial charge in [-0.2, -0.15) is 0 Å². The fourth-order valence-corrected chi connectivity index (χ4v) is 3.79. The van der Waals surface area contributed by atoms with Crippen molar-refractivity contribution in [3.05, 3.63) is 77.1 Å². The van der Waals surface area contributed by atoms with Gasteiger partial charge in [-0.05, 0) is 55.3 Å². The van der Waals surface area contributed by atoms with Crippen LogP contribution in [0.3, 0.4) is 0 Å². The molecule has 0 fully saturated rings. The lowest BCUT2D eigenvalue weighted by Crippen LogP contribution is -2.24. The first kappa shape index (κ1) is 18.3. The molecular formula is C22H20ClN3O2. The van der Waals surface area contributed by atoms with Gasteiger partial charge in [0.2, 0.25) is 0 Å². The number of aromatic nitrogens is 1. The Morgan fingerprint density at radius 2 is 2.04 bits per heavy atom. The third kappa shape index (κ3) is 3.41. The number of benzene rings is 2. The van der Waals surface area contributed by atoms with Crippen LogP contribution in [0.5, 0.6) is 5.75 Å². The number of halogens is 1. The van der Waals surface area contributed by atoms with Crippen LogP contribution < -0.4 is 15.0 Å². The maximum absolute atomic E-state index is 12.8. The number of nitrogens with zero attached hydrogens (tertiary/aromatic N) is 2. The smallest absolute Gasteiger partial charge is 0.274 e. The number of anilines is 3. The summed E-state index contributed by atoms with van der Waals surface area (Å²) in [4.78, 5) is 19.3. The summed E-state index contributed by atoms with van der Waals surface area (Å²) in [7, 11) is 1.55. The molecule has 28 heavy (non-hydrogen) atoms. The van der Waals surface area contributed by atoms with Gasteiger partial charge in [0.25, 0.3) is 5.91 Å². The number of hydrogen-bond donors (Lipinski definition) is 1. The summed E-state index contributed by atoms with van der Waals surface area (Å²) >= 11 is 6.05. The van der Waals surface area contributed by atoms with E-state index in [-0.39, 0.29) is 5.91 Å². The number of ether oxygens (including phenoxy) is 1. The summed E-state index contributed by atoms with van der Waals surface area (Å²) in [6.45, 7) is 2.18. The SMILES string of the molecule is COc1ccc(Cl)cc1NC(=O)c1cc(N2c3ccccc3CC2C)ccn1. The lowest BCUT2D eigenvalue weighted by atomic mass is 10.1. The molecule has 6 heteroatoms. The second-order valence-corrected chi connectivity index (χ2v) is 7.19. The minimum absolute atomic E-state index is 0.309. The van der Waals surface area contributed by atoms with Gasteiger partial charge in [0, 0.05) is 28.6 Å². The molecule has 4 rings (SSSR count). The first-order valence-corrected chi connectivity index (χ1v) is 9.42.